The van der Waals surface area contributed by atoms with Crippen LogP contribution in [-0.2, 0) is 12.8 Å². The van der Waals surface area contributed by atoms with Gasteiger partial charge >= 0.3 is 6.18 Å². The SMILES string of the molecule is N#Cc1cc(CO)c(C(F)(F)F)c([N+](=O)[O-])c1. The van der Waals surface area contributed by atoms with E-state index in [1.54, 1.807) is 0 Å². The highest BCUT2D eigenvalue weighted by atomic mass is 19.4. The molecule has 0 aliphatic carbocycles. The van der Waals surface area contributed by atoms with Gasteiger partial charge in [0.2, 0.25) is 0 Å². The Bertz CT molecular complexity index is 505. The van der Waals surface area contributed by atoms with Crippen LogP contribution in [0.1, 0.15) is 16.7 Å². The minimum atomic E-state index is -4.96. The van der Waals surface area contributed by atoms with E-state index in [-0.39, 0.29) is 5.56 Å². The zero-order valence-corrected chi connectivity index (χ0v) is 8.15. The highest BCUT2D eigenvalue weighted by Crippen LogP contribution is 2.39. The molecule has 5 nitrogen and oxygen atoms in total. The average molecular weight is 246 g/mol. The van der Waals surface area contributed by atoms with Crippen molar-refractivity contribution in [3.8, 4) is 6.07 Å². The fourth-order valence-electron chi connectivity index (χ4n) is 1.35. The molecule has 0 atom stereocenters. The maximum atomic E-state index is 12.6. The van der Waals surface area contributed by atoms with Crippen LogP contribution in [0, 0.1) is 21.4 Å². The number of nitriles is 1. The zero-order chi connectivity index (χ0) is 13.2. The molecular formula is C9H5F3N2O3. The van der Waals surface area contributed by atoms with Gasteiger partial charge in [0.1, 0.15) is 5.56 Å². The van der Waals surface area contributed by atoms with Crippen molar-refractivity contribution < 1.29 is 23.2 Å². The van der Waals surface area contributed by atoms with Crippen LogP contribution in [0.4, 0.5) is 18.9 Å². The third-order valence-electron chi connectivity index (χ3n) is 1.98. The van der Waals surface area contributed by atoms with Crippen LogP contribution in [0.3, 0.4) is 0 Å². The molecular weight excluding hydrogens is 241 g/mol. The second-order valence-electron chi connectivity index (χ2n) is 3.05. The van der Waals surface area contributed by atoms with E-state index in [4.69, 9.17) is 10.4 Å². The number of nitro groups is 1. The molecule has 0 saturated heterocycles. The summed E-state index contributed by atoms with van der Waals surface area (Å²) in [5.41, 5.74) is -3.76. The second-order valence-corrected chi connectivity index (χ2v) is 3.05. The molecule has 0 heterocycles. The lowest BCUT2D eigenvalue weighted by atomic mass is 10.0. The van der Waals surface area contributed by atoms with Crippen LogP contribution in [-0.4, -0.2) is 10.0 Å². The number of hydrogen-bond acceptors (Lipinski definition) is 4. The third kappa shape index (κ3) is 2.51. The van der Waals surface area contributed by atoms with E-state index < -0.39 is 34.5 Å². The molecule has 0 unspecified atom stereocenters. The lowest BCUT2D eigenvalue weighted by molar-refractivity contribution is -0.388. The molecule has 0 saturated carbocycles. The first-order valence-electron chi connectivity index (χ1n) is 4.20. The van der Waals surface area contributed by atoms with Gasteiger partial charge in [-0.1, -0.05) is 0 Å². The van der Waals surface area contributed by atoms with E-state index in [0.717, 1.165) is 6.07 Å². The smallest absolute Gasteiger partial charge is 0.392 e. The van der Waals surface area contributed by atoms with Gasteiger partial charge in [-0.2, -0.15) is 18.4 Å². The number of alkyl halides is 3. The summed E-state index contributed by atoms with van der Waals surface area (Å²) in [6, 6.07) is 2.80. The van der Waals surface area contributed by atoms with Gasteiger partial charge in [0.15, 0.2) is 0 Å². The molecule has 1 rings (SSSR count). The minimum absolute atomic E-state index is 0.311. The predicted molar refractivity (Wildman–Crippen MR) is 48.7 cm³/mol. The van der Waals surface area contributed by atoms with Crippen molar-refractivity contribution in [2.45, 2.75) is 12.8 Å². The molecule has 0 aromatic heterocycles. The minimum Gasteiger partial charge on any atom is -0.392 e. The summed E-state index contributed by atoms with van der Waals surface area (Å²) >= 11 is 0. The van der Waals surface area contributed by atoms with Gasteiger partial charge in [-0.15, -0.1) is 0 Å². The molecule has 1 aromatic carbocycles. The molecule has 1 N–H and O–H groups in total. The van der Waals surface area contributed by atoms with Crippen LogP contribution in [0.5, 0.6) is 0 Å². The zero-order valence-electron chi connectivity index (χ0n) is 8.15. The Balaban J connectivity index is 3.66. The van der Waals surface area contributed by atoms with Crippen molar-refractivity contribution in [1.82, 2.24) is 0 Å². The third-order valence-corrected chi connectivity index (χ3v) is 1.98. The monoisotopic (exact) mass is 246 g/mol. The Morgan fingerprint density at radius 2 is 2.06 bits per heavy atom. The van der Waals surface area contributed by atoms with Crippen LogP contribution >= 0.6 is 0 Å². The molecule has 0 spiro atoms. The van der Waals surface area contributed by atoms with Crippen molar-refractivity contribution in [1.29, 1.82) is 5.26 Å². The normalized spacial score (nSPS) is 11.0. The molecule has 0 bridgehead atoms. The summed E-state index contributed by atoms with van der Waals surface area (Å²) < 4.78 is 37.8. The van der Waals surface area contributed by atoms with Crippen molar-refractivity contribution in [2.24, 2.45) is 0 Å². The average Bonchev–Trinajstić information content (AvgIpc) is 2.25. The highest BCUT2D eigenvalue weighted by Gasteiger charge is 2.41. The standard InChI is InChI=1S/C9H5F3N2O3/c10-9(11,12)8-6(4-15)1-5(3-13)2-7(8)14(16)17/h1-2,15H,4H2. The lowest BCUT2D eigenvalue weighted by Crippen LogP contribution is -2.13. The molecule has 1 aromatic rings. The van der Waals surface area contributed by atoms with E-state index in [2.05, 4.69) is 0 Å². The van der Waals surface area contributed by atoms with Crippen LogP contribution in [0.2, 0.25) is 0 Å². The predicted octanol–water partition coefficient (Wildman–Crippen LogP) is 1.98. The summed E-state index contributed by atoms with van der Waals surface area (Å²) in [4.78, 5) is 9.29. The number of aliphatic hydroxyl groups excluding tert-OH is 1. The number of aliphatic hydroxyl groups is 1. The van der Waals surface area contributed by atoms with E-state index in [0.29, 0.717) is 6.07 Å². The van der Waals surface area contributed by atoms with E-state index in [1.807, 2.05) is 0 Å². The van der Waals surface area contributed by atoms with Gasteiger partial charge in [-0.25, -0.2) is 0 Å². The number of nitro benzene ring substituents is 1. The molecule has 0 fully saturated rings. The first-order valence-corrected chi connectivity index (χ1v) is 4.20. The Hall–Kier alpha value is -2.14. The van der Waals surface area contributed by atoms with E-state index in [9.17, 15) is 23.3 Å². The number of hydrogen-bond donors (Lipinski definition) is 1. The van der Waals surface area contributed by atoms with Gasteiger partial charge in [-0.3, -0.25) is 10.1 Å². The summed E-state index contributed by atoms with van der Waals surface area (Å²) in [6.45, 7) is -1.04. The maximum Gasteiger partial charge on any atom is 0.423 e. The number of rotatable bonds is 2. The molecule has 0 aliphatic rings. The largest absolute Gasteiger partial charge is 0.423 e. The number of nitrogens with zero attached hydrogens (tertiary/aromatic N) is 2. The summed E-state index contributed by atoms with van der Waals surface area (Å²) in [6.07, 6.45) is -4.96. The summed E-state index contributed by atoms with van der Waals surface area (Å²) in [7, 11) is 0. The Morgan fingerprint density at radius 1 is 1.47 bits per heavy atom. The molecule has 0 radical (unpaired) electrons. The van der Waals surface area contributed by atoms with Gasteiger partial charge in [-0.05, 0) is 11.6 Å². The second kappa shape index (κ2) is 4.39. The van der Waals surface area contributed by atoms with Crippen molar-refractivity contribution >= 4 is 5.69 Å². The first-order chi connectivity index (χ1) is 7.81. The fourth-order valence-corrected chi connectivity index (χ4v) is 1.35. The number of halogens is 3. The molecule has 0 amide bonds. The Morgan fingerprint density at radius 3 is 2.41 bits per heavy atom. The summed E-state index contributed by atoms with van der Waals surface area (Å²) in [5.74, 6) is 0. The van der Waals surface area contributed by atoms with Gasteiger partial charge in [0.05, 0.1) is 23.2 Å². The first kappa shape index (κ1) is 12.9. The molecule has 90 valence electrons. The van der Waals surface area contributed by atoms with Crippen molar-refractivity contribution in [2.75, 3.05) is 0 Å². The van der Waals surface area contributed by atoms with Crippen molar-refractivity contribution in [3.63, 3.8) is 0 Å². The van der Waals surface area contributed by atoms with Crippen molar-refractivity contribution in [3.05, 3.63) is 38.9 Å². The Labute approximate surface area is 92.9 Å². The molecule has 0 aliphatic heterocycles. The van der Waals surface area contributed by atoms with Gasteiger partial charge < -0.3 is 5.11 Å². The van der Waals surface area contributed by atoms with Crippen LogP contribution in [0.15, 0.2) is 12.1 Å². The fraction of sp³-hybridized carbons (Fsp3) is 0.222. The highest BCUT2D eigenvalue weighted by molar-refractivity contribution is 5.53. The van der Waals surface area contributed by atoms with E-state index >= 15 is 0 Å². The maximum absolute atomic E-state index is 12.6. The Kier molecular flexibility index (Phi) is 3.34. The van der Waals surface area contributed by atoms with E-state index in [1.165, 1.54) is 6.07 Å². The van der Waals surface area contributed by atoms with Crippen LogP contribution in [0.25, 0.3) is 0 Å². The lowest BCUT2D eigenvalue weighted by Gasteiger charge is -2.11. The van der Waals surface area contributed by atoms with Gasteiger partial charge in [0, 0.05) is 6.07 Å². The quantitative estimate of drug-likeness (QED) is 0.638. The van der Waals surface area contributed by atoms with Crippen LogP contribution < -0.4 is 0 Å². The topological polar surface area (TPSA) is 87.2 Å². The number of benzene rings is 1. The summed E-state index contributed by atoms with van der Waals surface area (Å²) in [5, 5.41) is 27.8. The molecule has 17 heavy (non-hydrogen) atoms. The van der Waals surface area contributed by atoms with Gasteiger partial charge in [0.25, 0.3) is 5.69 Å². The molecule has 8 heteroatoms.